The second-order valence-electron chi connectivity index (χ2n) is 5.16. The van der Waals surface area contributed by atoms with E-state index in [0.29, 0.717) is 18.1 Å². The van der Waals surface area contributed by atoms with Crippen LogP contribution in [0.15, 0.2) is 10.5 Å². The summed E-state index contributed by atoms with van der Waals surface area (Å²) in [7, 11) is 1.74. The van der Waals surface area contributed by atoms with E-state index in [0.717, 1.165) is 25.7 Å². The molecular weight excluding hydrogens is 246 g/mol. The summed E-state index contributed by atoms with van der Waals surface area (Å²) in [5.74, 6) is 0.147. The van der Waals surface area contributed by atoms with E-state index >= 15 is 0 Å². The highest BCUT2D eigenvalue weighted by Crippen LogP contribution is 2.27. The lowest BCUT2D eigenvalue weighted by Crippen LogP contribution is -2.31. The summed E-state index contributed by atoms with van der Waals surface area (Å²) in [4.78, 5) is 24.7. The molecule has 0 aromatic carbocycles. The van der Waals surface area contributed by atoms with E-state index in [1.807, 2.05) is 0 Å². The number of amides is 1. The third-order valence-electron chi connectivity index (χ3n) is 3.67. The van der Waals surface area contributed by atoms with Gasteiger partial charge in [0.25, 0.3) is 0 Å². The van der Waals surface area contributed by atoms with Crippen LogP contribution < -0.4 is 0 Å². The van der Waals surface area contributed by atoms with Gasteiger partial charge in [-0.2, -0.15) is 0 Å². The van der Waals surface area contributed by atoms with Gasteiger partial charge in [0, 0.05) is 13.0 Å². The first-order chi connectivity index (χ1) is 8.99. The second kappa shape index (κ2) is 5.47. The Morgan fingerprint density at radius 1 is 1.42 bits per heavy atom. The number of furan rings is 1. The maximum atomic E-state index is 12.1. The highest BCUT2D eigenvalue weighted by atomic mass is 16.4. The molecule has 1 aromatic heterocycles. The monoisotopic (exact) mass is 265 g/mol. The average Bonchev–Trinajstić information content (AvgIpc) is 2.97. The van der Waals surface area contributed by atoms with Crippen LogP contribution in [-0.2, 0) is 11.3 Å². The Labute approximate surface area is 112 Å². The maximum Gasteiger partial charge on any atom is 0.339 e. The molecule has 1 N–H and O–H groups in total. The lowest BCUT2D eigenvalue weighted by Gasteiger charge is -2.19. The summed E-state index contributed by atoms with van der Waals surface area (Å²) in [6.45, 7) is 1.94. The van der Waals surface area contributed by atoms with Crippen molar-refractivity contribution in [3.05, 3.63) is 23.2 Å². The number of hydrogen-bond donors (Lipinski definition) is 1. The van der Waals surface area contributed by atoms with Gasteiger partial charge in [0.2, 0.25) is 5.91 Å². The van der Waals surface area contributed by atoms with Crippen molar-refractivity contribution in [2.24, 2.45) is 5.92 Å². The molecule has 5 nitrogen and oxygen atoms in total. The molecule has 1 aromatic rings. The van der Waals surface area contributed by atoms with Gasteiger partial charge in [0.1, 0.15) is 17.1 Å². The summed E-state index contributed by atoms with van der Waals surface area (Å²) >= 11 is 0. The molecule has 0 atom stereocenters. The fourth-order valence-electron chi connectivity index (χ4n) is 2.63. The average molecular weight is 265 g/mol. The number of aryl methyl sites for hydroxylation is 1. The fraction of sp³-hybridized carbons (Fsp3) is 0.571. The van der Waals surface area contributed by atoms with Crippen LogP contribution >= 0.6 is 0 Å². The van der Waals surface area contributed by atoms with Crippen molar-refractivity contribution in [3.63, 3.8) is 0 Å². The molecule has 0 spiro atoms. The molecule has 104 valence electrons. The normalized spacial score (nSPS) is 15.7. The molecule has 1 aliphatic rings. The predicted molar refractivity (Wildman–Crippen MR) is 68.8 cm³/mol. The van der Waals surface area contributed by atoms with Crippen molar-refractivity contribution >= 4 is 11.9 Å². The molecule has 0 saturated heterocycles. The first-order valence-corrected chi connectivity index (χ1v) is 6.56. The molecule has 1 fully saturated rings. The van der Waals surface area contributed by atoms with E-state index in [9.17, 15) is 9.59 Å². The summed E-state index contributed by atoms with van der Waals surface area (Å²) in [6, 6.07) is 1.50. The van der Waals surface area contributed by atoms with Crippen molar-refractivity contribution in [2.75, 3.05) is 7.05 Å². The Hall–Kier alpha value is -1.78. The van der Waals surface area contributed by atoms with Crippen molar-refractivity contribution in [1.29, 1.82) is 0 Å². The molecule has 0 aliphatic heterocycles. The molecule has 1 heterocycles. The maximum absolute atomic E-state index is 12.1. The minimum absolute atomic E-state index is 0.125. The van der Waals surface area contributed by atoms with E-state index in [-0.39, 0.29) is 17.4 Å². The Morgan fingerprint density at radius 3 is 2.58 bits per heavy atom. The molecule has 1 aliphatic carbocycles. The molecule has 19 heavy (non-hydrogen) atoms. The van der Waals surface area contributed by atoms with E-state index < -0.39 is 5.97 Å². The van der Waals surface area contributed by atoms with Crippen LogP contribution in [0.4, 0.5) is 0 Å². The van der Waals surface area contributed by atoms with Crippen LogP contribution in [-0.4, -0.2) is 28.9 Å². The standard InChI is InChI=1S/C14H19NO4/c1-9-12(14(17)18)7-11(19-9)8-15(2)13(16)10-5-3-4-6-10/h7,10H,3-6,8H2,1-2H3,(H,17,18). The van der Waals surface area contributed by atoms with Crippen LogP contribution in [0.5, 0.6) is 0 Å². The minimum atomic E-state index is -1.00. The van der Waals surface area contributed by atoms with Gasteiger partial charge in [0.05, 0.1) is 6.54 Å². The lowest BCUT2D eigenvalue weighted by atomic mass is 10.1. The second-order valence-corrected chi connectivity index (χ2v) is 5.16. The summed E-state index contributed by atoms with van der Waals surface area (Å²) in [6.07, 6.45) is 4.15. The SMILES string of the molecule is Cc1oc(CN(C)C(=O)C2CCCC2)cc1C(=O)O. The molecular formula is C14H19NO4. The van der Waals surface area contributed by atoms with Crippen LogP contribution in [0, 0.1) is 12.8 Å². The van der Waals surface area contributed by atoms with Crippen molar-refractivity contribution in [3.8, 4) is 0 Å². The number of hydrogen-bond acceptors (Lipinski definition) is 3. The van der Waals surface area contributed by atoms with Gasteiger partial charge in [-0.15, -0.1) is 0 Å². The summed E-state index contributed by atoms with van der Waals surface area (Å²) in [5.41, 5.74) is 0.164. The zero-order valence-corrected chi connectivity index (χ0v) is 11.3. The van der Waals surface area contributed by atoms with Gasteiger partial charge in [-0.05, 0) is 25.8 Å². The van der Waals surface area contributed by atoms with Crippen LogP contribution in [0.3, 0.4) is 0 Å². The van der Waals surface area contributed by atoms with Gasteiger partial charge in [-0.25, -0.2) is 4.79 Å². The van der Waals surface area contributed by atoms with Crippen molar-refractivity contribution in [1.82, 2.24) is 4.90 Å². The highest BCUT2D eigenvalue weighted by molar-refractivity contribution is 5.88. The molecule has 1 amide bonds. The molecule has 2 rings (SSSR count). The first kappa shape index (κ1) is 13.6. The first-order valence-electron chi connectivity index (χ1n) is 6.56. The number of nitrogens with zero attached hydrogens (tertiary/aromatic N) is 1. The number of carboxylic acids is 1. The van der Waals surface area contributed by atoms with Crippen LogP contribution in [0.25, 0.3) is 0 Å². The topological polar surface area (TPSA) is 70.8 Å². The zero-order valence-electron chi connectivity index (χ0n) is 11.3. The van der Waals surface area contributed by atoms with E-state index in [4.69, 9.17) is 9.52 Å². The number of carbonyl (C=O) groups is 2. The Kier molecular flexibility index (Phi) is 3.93. The molecule has 0 radical (unpaired) electrons. The third-order valence-corrected chi connectivity index (χ3v) is 3.67. The lowest BCUT2D eigenvalue weighted by molar-refractivity contribution is -0.134. The Morgan fingerprint density at radius 2 is 2.05 bits per heavy atom. The minimum Gasteiger partial charge on any atom is -0.478 e. The quantitative estimate of drug-likeness (QED) is 0.907. The fourth-order valence-corrected chi connectivity index (χ4v) is 2.63. The Bertz CT molecular complexity index is 486. The zero-order chi connectivity index (χ0) is 14.0. The van der Waals surface area contributed by atoms with Gasteiger partial charge in [0.15, 0.2) is 0 Å². The predicted octanol–water partition coefficient (Wildman–Crippen LogP) is 2.43. The largest absolute Gasteiger partial charge is 0.478 e. The summed E-state index contributed by atoms with van der Waals surface area (Å²) < 4.78 is 5.38. The number of aromatic carboxylic acids is 1. The highest BCUT2D eigenvalue weighted by Gasteiger charge is 2.26. The van der Waals surface area contributed by atoms with Gasteiger partial charge >= 0.3 is 5.97 Å². The van der Waals surface area contributed by atoms with E-state index in [2.05, 4.69) is 0 Å². The van der Waals surface area contributed by atoms with Gasteiger partial charge < -0.3 is 14.4 Å². The number of carbonyl (C=O) groups excluding carboxylic acids is 1. The molecule has 0 unspecified atom stereocenters. The number of rotatable bonds is 4. The molecule has 1 saturated carbocycles. The van der Waals surface area contributed by atoms with Crippen LogP contribution in [0.2, 0.25) is 0 Å². The van der Waals surface area contributed by atoms with Crippen molar-refractivity contribution < 1.29 is 19.1 Å². The molecule has 0 bridgehead atoms. The van der Waals surface area contributed by atoms with Crippen LogP contribution in [0.1, 0.15) is 47.6 Å². The third kappa shape index (κ3) is 2.97. The Balaban J connectivity index is 2.02. The molecule has 5 heteroatoms. The van der Waals surface area contributed by atoms with Gasteiger partial charge in [-0.1, -0.05) is 12.8 Å². The smallest absolute Gasteiger partial charge is 0.339 e. The van der Waals surface area contributed by atoms with E-state index in [1.165, 1.54) is 6.07 Å². The van der Waals surface area contributed by atoms with E-state index in [1.54, 1.807) is 18.9 Å². The summed E-state index contributed by atoms with van der Waals surface area (Å²) in [5, 5.41) is 8.95. The number of carboxylic acid groups (broad SMARTS) is 1. The van der Waals surface area contributed by atoms with Gasteiger partial charge in [-0.3, -0.25) is 4.79 Å². The van der Waals surface area contributed by atoms with Crippen molar-refractivity contribution in [2.45, 2.75) is 39.2 Å².